The molecule has 0 saturated heterocycles. The summed E-state index contributed by atoms with van der Waals surface area (Å²) < 4.78 is 1.91. The van der Waals surface area contributed by atoms with Crippen LogP contribution in [0.4, 0.5) is 0 Å². The normalized spacial score (nSPS) is 10.3. The molecule has 19 heavy (non-hydrogen) atoms. The summed E-state index contributed by atoms with van der Waals surface area (Å²) in [5.41, 5.74) is 6.12. The Kier molecular flexibility index (Phi) is 4.35. The van der Waals surface area contributed by atoms with E-state index in [0.717, 1.165) is 11.4 Å². The van der Waals surface area contributed by atoms with Crippen LogP contribution in [0.5, 0.6) is 0 Å². The Morgan fingerprint density at radius 2 is 2.11 bits per heavy atom. The van der Waals surface area contributed by atoms with Gasteiger partial charge in [0.2, 0.25) is 5.91 Å². The first-order valence-corrected chi connectivity index (χ1v) is 6.71. The van der Waals surface area contributed by atoms with E-state index in [4.69, 9.17) is 5.73 Å². The lowest BCUT2D eigenvalue weighted by molar-refractivity contribution is -0.115. The number of carbonyl (C=O) groups is 1. The first-order valence-electron chi connectivity index (χ1n) is 5.73. The molecule has 1 amide bonds. The highest BCUT2D eigenvalue weighted by molar-refractivity contribution is 7.99. The van der Waals surface area contributed by atoms with E-state index >= 15 is 0 Å². The molecule has 0 atom stereocenters. The Hall–Kier alpha value is -2.08. The van der Waals surface area contributed by atoms with Crippen LogP contribution in [0.3, 0.4) is 0 Å². The molecular weight excluding hydrogens is 260 g/mol. The van der Waals surface area contributed by atoms with Crippen LogP contribution in [0, 0.1) is 0 Å². The van der Waals surface area contributed by atoms with Crippen molar-refractivity contribution in [2.24, 2.45) is 5.73 Å². The summed E-state index contributed by atoms with van der Waals surface area (Å²) in [6.45, 7) is 4.31. The van der Waals surface area contributed by atoms with Crippen LogP contribution in [0.1, 0.15) is 0 Å². The largest absolute Gasteiger partial charge is 0.369 e. The highest BCUT2D eigenvalue weighted by atomic mass is 32.2. The zero-order valence-corrected chi connectivity index (χ0v) is 11.1. The molecule has 0 saturated carbocycles. The van der Waals surface area contributed by atoms with E-state index < -0.39 is 0 Å². The third-order valence-electron chi connectivity index (χ3n) is 2.40. The number of hydrogen-bond donors (Lipinski definition) is 1. The van der Waals surface area contributed by atoms with Crippen LogP contribution < -0.4 is 5.73 Å². The highest BCUT2D eigenvalue weighted by Crippen LogP contribution is 2.23. The SMILES string of the molecule is C=CCn1c(SCC(N)=O)nnc1-c1ccccc1. The summed E-state index contributed by atoms with van der Waals surface area (Å²) in [5.74, 6) is 0.566. The van der Waals surface area contributed by atoms with Gasteiger partial charge >= 0.3 is 0 Å². The van der Waals surface area contributed by atoms with Crippen molar-refractivity contribution in [1.82, 2.24) is 14.8 Å². The number of allylic oxidation sites excluding steroid dienone is 1. The van der Waals surface area contributed by atoms with Gasteiger partial charge < -0.3 is 5.73 Å². The second kappa shape index (κ2) is 6.19. The van der Waals surface area contributed by atoms with Crippen molar-refractivity contribution in [1.29, 1.82) is 0 Å². The van der Waals surface area contributed by atoms with Crippen LogP contribution >= 0.6 is 11.8 Å². The highest BCUT2D eigenvalue weighted by Gasteiger charge is 2.13. The Bertz CT molecular complexity index is 580. The van der Waals surface area contributed by atoms with E-state index in [0.29, 0.717) is 11.7 Å². The number of amides is 1. The number of hydrogen-bond acceptors (Lipinski definition) is 4. The lowest BCUT2D eigenvalue weighted by atomic mass is 10.2. The number of thioether (sulfide) groups is 1. The van der Waals surface area contributed by atoms with Gasteiger partial charge in [-0.2, -0.15) is 0 Å². The van der Waals surface area contributed by atoms with Crippen LogP contribution in [0.15, 0.2) is 48.1 Å². The fourth-order valence-corrected chi connectivity index (χ4v) is 2.31. The molecule has 2 rings (SSSR count). The maximum atomic E-state index is 10.8. The fraction of sp³-hybridized carbons (Fsp3) is 0.154. The quantitative estimate of drug-likeness (QED) is 0.643. The zero-order valence-electron chi connectivity index (χ0n) is 10.3. The van der Waals surface area contributed by atoms with Crippen molar-refractivity contribution in [3.05, 3.63) is 43.0 Å². The van der Waals surface area contributed by atoms with Gasteiger partial charge in [-0.15, -0.1) is 16.8 Å². The van der Waals surface area contributed by atoms with Crippen LogP contribution in [-0.2, 0) is 11.3 Å². The Morgan fingerprint density at radius 1 is 1.37 bits per heavy atom. The number of primary amides is 1. The summed E-state index contributed by atoms with van der Waals surface area (Å²) in [7, 11) is 0. The van der Waals surface area contributed by atoms with E-state index in [1.54, 1.807) is 6.08 Å². The van der Waals surface area contributed by atoms with E-state index in [9.17, 15) is 4.79 Å². The molecule has 98 valence electrons. The van der Waals surface area contributed by atoms with Gasteiger partial charge in [-0.25, -0.2) is 0 Å². The maximum Gasteiger partial charge on any atom is 0.227 e. The summed E-state index contributed by atoms with van der Waals surface area (Å²) in [4.78, 5) is 10.8. The molecule has 1 aromatic heterocycles. The molecule has 1 heterocycles. The van der Waals surface area contributed by atoms with Crippen molar-refractivity contribution in [3.63, 3.8) is 0 Å². The lowest BCUT2D eigenvalue weighted by Crippen LogP contribution is -2.13. The van der Waals surface area contributed by atoms with Gasteiger partial charge in [0.15, 0.2) is 11.0 Å². The summed E-state index contributed by atoms with van der Waals surface area (Å²) in [6.07, 6.45) is 1.77. The molecule has 6 heteroatoms. The van der Waals surface area contributed by atoms with Crippen molar-refractivity contribution >= 4 is 17.7 Å². The topological polar surface area (TPSA) is 73.8 Å². The Balaban J connectivity index is 2.34. The smallest absolute Gasteiger partial charge is 0.227 e. The van der Waals surface area contributed by atoms with E-state index in [2.05, 4.69) is 16.8 Å². The van der Waals surface area contributed by atoms with Gasteiger partial charge in [0.05, 0.1) is 5.75 Å². The lowest BCUT2D eigenvalue weighted by Gasteiger charge is -2.06. The predicted molar refractivity (Wildman–Crippen MR) is 75.6 cm³/mol. The number of rotatable bonds is 6. The van der Waals surface area contributed by atoms with Crippen molar-refractivity contribution in [3.8, 4) is 11.4 Å². The number of nitrogens with zero attached hydrogens (tertiary/aromatic N) is 3. The molecular formula is C13H14N4OS. The standard InChI is InChI=1S/C13H14N4OS/c1-2-8-17-12(10-6-4-3-5-7-10)15-16-13(17)19-9-11(14)18/h2-7H,1,8-9H2,(H2,14,18). The first kappa shape index (κ1) is 13.4. The molecule has 5 nitrogen and oxygen atoms in total. The third kappa shape index (κ3) is 3.23. The molecule has 0 unspecified atom stereocenters. The van der Waals surface area contributed by atoms with Crippen molar-refractivity contribution in [2.75, 3.05) is 5.75 Å². The summed E-state index contributed by atoms with van der Waals surface area (Å²) in [5, 5.41) is 8.94. The molecule has 1 aromatic carbocycles. The number of nitrogens with two attached hydrogens (primary N) is 1. The van der Waals surface area contributed by atoms with Crippen molar-refractivity contribution < 1.29 is 4.79 Å². The third-order valence-corrected chi connectivity index (χ3v) is 3.39. The second-order valence-corrected chi connectivity index (χ2v) is 4.77. The van der Waals surface area contributed by atoms with Gasteiger partial charge in [0, 0.05) is 12.1 Å². The molecule has 0 aliphatic carbocycles. The summed E-state index contributed by atoms with van der Waals surface area (Å²) >= 11 is 1.28. The monoisotopic (exact) mass is 274 g/mol. The number of aromatic nitrogens is 3. The van der Waals surface area contributed by atoms with Gasteiger partial charge in [-0.1, -0.05) is 48.2 Å². The van der Waals surface area contributed by atoms with E-state index in [-0.39, 0.29) is 11.7 Å². The van der Waals surface area contributed by atoms with Crippen LogP contribution in [-0.4, -0.2) is 26.4 Å². The van der Waals surface area contributed by atoms with Crippen molar-refractivity contribution in [2.45, 2.75) is 11.7 Å². The molecule has 0 aliphatic rings. The maximum absolute atomic E-state index is 10.8. The van der Waals surface area contributed by atoms with E-state index in [1.165, 1.54) is 11.8 Å². The molecule has 2 N–H and O–H groups in total. The van der Waals surface area contributed by atoms with Crippen LogP contribution in [0.25, 0.3) is 11.4 Å². The molecule has 0 aliphatic heterocycles. The average molecular weight is 274 g/mol. The fourth-order valence-electron chi connectivity index (χ4n) is 1.63. The second-order valence-electron chi connectivity index (χ2n) is 3.83. The van der Waals surface area contributed by atoms with Gasteiger partial charge in [-0.05, 0) is 0 Å². The number of carbonyl (C=O) groups excluding carboxylic acids is 1. The van der Waals surface area contributed by atoms with E-state index in [1.807, 2.05) is 34.9 Å². The first-order chi connectivity index (χ1) is 9.22. The minimum atomic E-state index is -0.376. The van der Waals surface area contributed by atoms with Gasteiger partial charge in [-0.3, -0.25) is 9.36 Å². The number of benzene rings is 1. The van der Waals surface area contributed by atoms with Crippen LogP contribution in [0.2, 0.25) is 0 Å². The predicted octanol–water partition coefficient (Wildman–Crippen LogP) is 1.71. The minimum absolute atomic E-state index is 0.185. The molecule has 0 fully saturated rings. The summed E-state index contributed by atoms with van der Waals surface area (Å²) in [6, 6.07) is 9.76. The molecule has 0 bridgehead atoms. The minimum Gasteiger partial charge on any atom is -0.369 e. The molecule has 0 spiro atoms. The van der Waals surface area contributed by atoms with Gasteiger partial charge in [0.1, 0.15) is 0 Å². The molecule has 2 aromatic rings. The molecule has 0 radical (unpaired) electrons. The van der Waals surface area contributed by atoms with Gasteiger partial charge in [0.25, 0.3) is 0 Å². The zero-order chi connectivity index (χ0) is 13.7. The Morgan fingerprint density at radius 3 is 2.74 bits per heavy atom. The average Bonchev–Trinajstić information content (AvgIpc) is 2.81. The Labute approximate surface area is 115 Å².